The highest BCUT2D eigenvalue weighted by atomic mass is 16.5. The number of nitrogens with zero attached hydrogens (tertiary/aromatic N) is 2. The summed E-state index contributed by atoms with van der Waals surface area (Å²) in [5.41, 5.74) is 11.1. The van der Waals surface area contributed by atoms with Gasteiger partial charge in [0.25, 0.3) is 6.02 Å². The highest BCUT2D eigenvalue weighted by Crippen LogP contribution is 2.46. The number of benzene rings is 2. The van der Waals surface area contributed by atoms with E-state index in [9.17, 15) is 0 Å². The van der Waals surface area contributed by atoms with Gasteiger partial charge >= 0.3 is 0 Å². The minimum Gasteiger partial charge on any atom is -0.465 e. The van der Waals surface area contributed by atoms with E-state index in [1.54, 1.807) is 6.20 Å². The van der Waals surface area contributed by atoms with E-state index in [4.69, 9.17) is 25.1 Å². The Morgan fingerprint density at radius 1 is 1.03 bits per heavy atom. The quantitative estimate of drug-likeness (QED) is 0.366. The van der Waals surface area contributed by atoms with E-state index in [0.29, 0.717) is 5.76 Å². The second kappa shape index (κ2) is 7.60. The maximum absolute atomic E-state index is 7.53. The van der Waals surface area contributed by atoms with Crippen molar-refractivity contribution in [3.05, 3.63) is 83.8 Å². The zero-order valence-electron chi connectivity index (χ0n) is 16.8. The van der Waals surface area contributed by atoms with Crippen molar-refractivity contribution in [3.63, 3.8) is 0 Å². The summed E-state index contributed by atoms with van der Waals surface area (Å²) in [6.45, 7) is 2.10. The molecule has 7 nitrogen and oxygen atoms in total. The fraction of sp³-hybridized carbons (Fsp3) is 0.125. The maximum Gasteiger partial charge on any atom is 0.279 e. The number of nitrogens with two attached hydrogens (primary N) is 1. The van der Waals surface area contributed by atoms with E-state index in [1.165, 1.54) is 0 Å². The van der Waals surface area contributed by atoms with Gasteiger partial charge in [0.15, 0.2) is 5.76 Å². The van der Waals surface area contributed by atoms with E-state index >= 15 is 0 Å². The Labute approximate surface area is 178 Å². The number of rotatable bonds is 4. The van der Waals surface area contributed by atoms with Crippen LogP contribution in [0, 0.1) is 12.3 Å². The molecule has 7 heteroatoms. The summed E-state index contributed by atoms with van der Waals surface area (Å²) in [6.07, 6.45) is 3.57. The van der Waals surface area contributed by atoms with Crippen LogP contribution in [0.4, 0.5) is 0 Å². The molecular weight excluding hydrogens is 392 g/mol. The molecule has 5 rings (SSSR count). The first kappa shape index (κ1) is 18.9. The lowest BCUT2D eigenvalue weighted by Crippen LogP contribution is -2.21. The molecule has 3 heterocycles. The molecule has 2 aromatic heterocycles. The topological polar surface area (TPSA) is 107 Å². The number of hydrogen-bond acceptors (Lipinski definition) is 6. The van der Waals surface area contributed by atoms with E-state index in [2.05, 4.69) is 16.2 Å². The first-order chi connectivity index (χ1) is 15.1. The van der Waals surface area contributed by atoms with Gasteiger partial charge in [-0.25, -0.2) is 0 Å². The summed E-state index contributed by atoms with van der Waals surface area (Å²) in [6, 6.07) is 17.4. The fourth-order valence-corrected chi connectivity index (χ4v) is 3.83. The van der Waals surface area contributed by atoms with Crippen molar-refractivity contribution in [1.82, 2.24) is 10.1 Å². The monoisotopic (exact) mass is 412 g/mol. The molecule has 3 N–H and O–H groups in total. The highest BCUT2D eigenvalue weighted by Gasteiger charge is 2.29. The molecular formula is C24H20N4O3. The second-order valence-corrected chi connectivity index (χ2v) is 7.41. The van der Waals surface area contributed by atoms with Crippen LogP contribution in [-0.4, -0.2) is 22.8 Å². The van der Waals surface area contributed by atoms with Gasteiger partial charge in [-0.05, 0) is 48.9 Å². The molecule has 154 valence electrons. The van der Waals surface area contributed by atoms with E-state index in [1.807, 2.05) is 61.7 Å². The van der Waals surface area contributed by atoms with Crippen LogP contribution in [-0.2, 0) is 4.74 Å². The second-order valence-electron chi connectivity index (χ2n) is 7.41. The summed E-state index contributed by atoms with van der Waals surface area (Å²) in [4.78, 5) is 4.22. The van der Waals surface area contributed by atoms with Gasteiger partial charge in [-0.1, -0.05) is 17.3 Å². The van der Waals surface area contributed by atoms with Crippen LogP contribution in [0.3, 0.4) is 0 Å². The number of fused-ring (bicyclic) bond motifs is 2. The summed E-state index contributed by atoms with van der Waals surface area (Å²) in [5, 5.41) is 11.5. The third-order valence-corrected chi connectivity index (χ3v) is 5.30. The van der Waals surface area contributed by atoms with E-state index < -0.39 is 0 Å². The molecule has 0 saturated carbocycles. The number of ether oxygens (including phenoxy) is 2. The molecule has 0 radical (unpaired) electrons. The van der Waals surface area contributed by atoms with Gasteiger partial charge < -0.3 is 19.7 Å². The van der Waals surface area contributed by atoms with Crippen LogP contribution < -0.4 is 10.5 Å². The lowest BCUT2D eigenvalue weighted by Gasteiger charge is -2.29. The maximum atomic E-state index is 7.53. The zero-order chi connectivity index (χ0) is 21.4. The lowest BCUT2D eigenvalue weighted by atomic mass is 9.86. The molecule has 0 aliphatic carbocycles. The number of aromatic nitrogens is 2. The number of pyridine rings is 1. The van der Waals surface area contributed by atoms with Crippen molar-refractivity contribution < 1.29 is 14.0 Å². The van der Waals surface area contributed by atoms with Crippen molar-refractivity contribution in [3.8, 4) is 33.9 Å². The molecule has 1 aliphatic heterocycles. The molecule has 0 bridgehead atoms. The smallest absolute Gasteiger partial charge is 0.279 e. The Balaban J connectivity index is 1.61. The van der Waals surface area contributed by atoms with E-state index in [-0.39, 0.29) is 18.5 Å². The number of hydrogen-bond donors (Lipinski definition) is 2. The Hall–Kier alpha value is -4.13. The third-order valence-electron chi connectivity index (χ3n) is 5.30. The van der Waals surface area contributed by atoms with Crippen LogP contribution in [0.1, 0.15) is 22.7 Å². The molecule has 0 unspecified atom stereocenters. The summed E-state index contributed by atoms with van der Waals surface area (Å²) < 4.78 is 17.1. The third kappa shape index (κ3) is 3.61. The number of aryl methyl sites for hydroxylation is 1. The fourth-order valence-electron chi connectivity index (χ4n) is 3.83. The van der Waals surface area contributed by atoms with Crippen molar-refractivity contribution in [2.24, 2.45) is 5.73 Å². The predicted octanol–water partition coefficient (Wildman–Crippen LogP) is 4.86. The molecule has 31 heavy (non-hydrogen) atoms. The predicted molar refractivity (Wildman–Crippen MR) is 116 cm³/mol. The van der Waals surface area contributed by atoms with Crippen LogP contribution in [0.25, 0.3) is 22.5 Å². The summed E-state index contributed by atoms with van der Waals surface area (Å²) >= 11 is 0. The minimum absolute atomic E-state index is 0.178. The standard InChI is InChI=1S/C24H20N4O3/c1-14-9-23(31-28-14)16-5-7-22-19(11-16)20(13-29-24(25)26)18-10-15(4-6-21(18)30-22)17-3-2-8-27-12-17/h2-12,20H,13H2,1H3,(H3,25,26)/t20-/m1/s1. The van der Waals surface area contributed by atoms with E-state index in [0.717, 1.165) is 45.0 Å². The van der Waals surface area contributed by atoms with Gasteiger partial charge in [0.2, 0.25) is 0 Å². The molecule has 2 aromatic carbocycles. The van der Waals surface area contributed by atoms with Gasteiger partial charge in [0, 0.05) is 40.7 Å². The molecule has 0 fully saturated rings. The molecule has 4 aromatic rings. The average Bonchev–Trinajstić information content (AvgIpc) is 3.23. The first-order valence-electron chi connectivity index (χ1n) is 9.85. The van der Waals surface area contributed by atoms with Crippen molar-refractivity contribution >= 4 is 6.02 Å². The first-order valence-corrected chi connectivity index (χ1v) is 9.85. The molecule has 0 amide bonds. The van der Waals surface area contributed by atoms with Gasteiger partial charge in [0.05, 0.1) is 11.6 Å². The van der Waals surface area contributed by atoms with Crippen LogP contribution >= 0.6 is 0 Å². The van der Waals surface area contributed by atoms with Crippen molar-refractivity contribution in [1.29, 1.82) is 5.41 Å². The van der Waals surface area contributed by atoms with Crippen LogP contribution in [0.2, 0.25) is 0 Å². The zero-order valence-corrected chi connectivity index (χ0v) is 16.8. The van der Waals surface area contributed by atoms with Gasteiger partial charge in [0.1, 0.15) is 18.1 Å². The summed E-state index contributed by atoms with van der Waals surface area (Å²) in [5.74, 6) is 1.99. The minimum atomic E-state index is -0.319. The number of amidine groups is 1. The van der Waals surface area contributed by atoms with Gasteiger partial charge in [-0.3, -0.25) is 10.4 Å². The highest BCUT2D eigenvalue weighted by molar-refractivity contribution is 5.70. The molecule has 1 aliphatic rings. The lowest BCUT2D eigenvalue weighted by molar-refractivity contribution is 0.274. The Morgan fingerprint density at radius 2 is 1.77 bits per heavy atom. The van der Waals surface area contributed by atoms with Crippen molar-refractivity contribution in [2.75, 3.05) is 6.61 Å². The SMILES string of the molecule is Cc1cc(-c2ccc3c(c2)[C@H](COC(=N)N)c2cc(-c4cccnc4)ccc2O3)on1. The van der Waals surface area contributed by atoms with Gasteiger partial charge in [-0.2, -0.15) is 0 Å². The molecule has 1 atom stereocenters. The van der Waals surface area contributed by atoms with Crippen molar-refractivity contribution in [2.45, 2.75) is 12.8 Å². The Kier molecular flexibility index (Phi) is 4.63. The van der Waals surface area contributed by atoms with Crippen LogP contribution in [0.5, 0.6) is 11.5 Å². The van der Waals surface area contributed by atoms with Gasteiger partial charge in [-0.15, -0.1) is 0 Å². The number of nitrogens with one attached hydrogen (secondary N) is 1. The molecule has 0 saturated heterocycles. The Morgan fingerprint density at radius 3 is 2.42 bits per heavy atom. The van der Waals surface area contributed by atoms with Crippen LogP contribution in [0.15, 0.2) is 71.5 Å². The normalized spacial score (nSPS) is 14.3. The average molecular weight is 412 g/mol. The molecule has 0 spiro atoms. The Bertz CT molecular complexity index is 1270. The summed E-state index contributed by atoms with van der Waals surface area (Å²) in [7, 11) is 0. The largest absolute Gasteiger partial charge is 0.465 e.